The van der Waals surface area contributed by atoms with E-state index in [1.165, 1.54) is 59.0 Å². The molecular formula is C19H17NO2. The van der Waals surface area contributed by atoms with Crippen molar-refractivity contribution in [2.45, 2.75) is 25.7 Å². The summed E-state index contributed by atoms with van der Waals surface area (Å²) in [6.45, 7) is 0.321. The van der Waals surface area contributed by atoms with Gasteiger partial charge in [-0.3, -0.25) is 0 Å². The van der Waals surface area contributed by atoms with Gasteiger partial charge in [-0.1, -0.05) is 18.2 Å². The van der Waals surface area contributed by atoms with Gasteiger partial charge >= 0.3 is 0 Å². The second kappa shape index (κ2) is 4.54. The van der Waals surface area contributed by atoms with E-state index in [1.807, 2.05) is 6.07 Å². The highest BCUT2D eigenvalue weighted by Gasteiger charge is 2.17. The van der Waals surface area contributed by atoms with Crippen LogP contribution in [0, 0.1) is 0 Å². The summed E-state index contributed by atoms with van der Waals surface area (Å²) >= 11 is 0. The van der Waals surface area contributed by atoms with Crippen LogP contribution in [-0.4, -0.2) is 11.8 Å². The summed E-state index contributed by atoms with van der Waals surface area (Å²) < 4.78 is 10.9. The van der Waals surface area contributed by atoms with Gasteiger partial charge in [0.1, 0.15) is 0 Å². The molecule has 0 atom stereocenters. The largest absolute Gasteiger partial charge is 0.454 e. The first-order valence-electron chi connectivity index (χ1n) is 7.92. The van der Waals surface area contributed by atoms with Gasteiger partial charge in [0.25, 0.3) is 0 Å². The van der Waals surface area contributed by atoms with Gasteiger partial charge in [0, 0.05) is 16.6 Å². The molecule has 1 aliphatic heterocycles. The molecule has 0 saturated heterocycles. The monoisotopic (exact) mass is 291 g/mol. The minimum absolute atomic E-state index is 0.321. The van der Waals surface area contributed by atoms with Crippen molar-refractivity contribution in [1.29, 1.82) is 0 Å². The minimum Gasteiger partial charge on any atom is -0.454 e. The number of rotatable bonds is 1. The lowest BCUT2D eigenvalue weighted by Crippen LogP contribution is -1.99. The predicted molar refractivity (Wildman–Crippen MR) is 86.5 cm³/mol. The maximum atomic E-state index is 5.48. The number of nitrogens with one attached hydrogen (secondary N) is 1. The molecule has 3 aromatic rings. The Labute approximate surface area is 128 Å². The molecule has 2 aliphatic rings. The van der Waals surface area contributed by atoms with E-state index < -0.39 is 0 Å². The van der Waals surface area contributed by atoms with Gasteiger partial charge in [0.15, 0.2) is 11.5 Å². The fraction of sp³-hybridized carbons (Fsp3) is 0.263. The maximum absolute atomic E-state index is 5.48. The zero-order chi connectivity index (χ0) is 14.5. The van der Waals surface area contributed by atoms with Crippen LogP contribution in [0.3, 0.4) is 0 Å². The number of ether oxygens (including phenoxy) is 2. The molecule has 22 heavy (non-hydrogen) atoms. The molecule has 1 aliphatic carbocycles. The molecule has 110 valence electrons. The van der Waals surface area contributed by atoms with E-state index in [9.17, 15) is 0 Å². The number of benzene rings is 2. The lowest BCUT2D eigenvalue weighted by Gasteiger charge is -2.10. The highest BCUT2D eigenvalue weighted by Crippen LogP contribution is 2.37. The highest BCUT2D eigenvalue weighted by molar-refractivity contribution is 5.89. The first-order chi connectivity index (χ1) is 10.9. The van der Waals surface area contributed by atoms with Crippen molar-refractivity contribution in [3.63, 3.8) is 0 Å². The molecule has 3 heteroatoms. The number of hydrogen-bond acceptors (Lipinski definition) is 2. The van der Waals surface area contributed by atoms with Gasteiger partial charge in [0.2, 0.25) is 6.79 Å². The molecule has 0 spiro atoms. The average Bonchev–Trinajstić information content (AvgIpc) is 3.17. The summed E-state index contributed by atoms with van der Waals surface area (Å²) in [7, 11) is 0. The van der Waals surface area contributed by atoms with Crippen molar-refractivity contribution in [2.75, 3.05) is 6.79 Å². The van der Waals surface area contributed by atoms with Crippen LogP contribution in [0.15, 0.2) is 36.4 Å². The Bertz CT molecular complexity index is 879. The molecule has 3 nitrogen and oxygen atoms in total. The van der Waals surface area contributed by atoms with Crippen molar-refractivity contribution in [1.82, 2.24) is 4.98 Å². The zero-order valence-corrected chi connectivity index (χ0v) is 12.3. The van der Waals surface area contributed by atoms with Crippen molar-refractivity contribution in [2.24, 2.45) is 0 Å². The molecule has 0 bridgehead atoms. The lowest BCUT2D eigenvalue weighted by molar-refractivity contribution is 0.174. The molecule has 0 amide bonds. The van der Waals surface area contributed by atoms with E-state index in [1.54, 1.807) is 0 Å². The predicted octanol–water partition coefficient (Wildman–Crippen LogP) is 4.44. The molecular weight excluding hydrogens is 274 g/mol. The summed E-state index contributed by atoms with van der Waals surface area (Å²) in [4.78, 5) is 3.62. The van der Waals surface area contributed by atoms with Crippen molar-refractivity contribution < 1.29 is 9.47 Å². The Hall–Kier alpha value is -2.42. The minimum atomic E-state index is 0.321. The number of aromatic amines is 1. The summed E-state index contributed by atoms with van der Waals surface area (Å²) in [5, 5.41) is 1.39. The van der Waals surface area contributed by atoms with E-state index in [4.69, 9.17) is 9.47 Å². The average molecular weight is 291 g/mol. The molecule has 0 radical (unpaired) electrons. The number of fused-ring (bicyclic) bond motifs is 4. The molecule has 1 aromatic heterocycles. The zero-order valence-electron chi connectivity index (χ0n) is 12.3. The van der Waals surface area contributed by atoms with Crippen LogP contribution >= 0.6 is 0 Å². The normalized spacial score (nSPS) is 16.0. The van der Waals surface area contributed by atoms with Crippen LogP contribution in [-0.2, 0) is 12.8 Å². The number of hydrogen-bond donors (Lipinski definition) is 1. The molecule has 1 N–H and O–H groups in total. The van der Waals surface area contributed by atoms with E-state index in [2.05, 4.69) is 35.3 Å². The van der Waals surface area contributed by atoms with E-state index in [-0.39, 0.29) is 0 Å². The van der Waals surface area contributed by atoms with Gasteiger partial charge in [-0.15, -0.1) is 0 Å². The van der Waals surface area contributed by atoms with E-state index in [0.29, 0.717) is 6.79 Å². The van der Waals surface area contributed by atoms with Crippen LogP contribution in [0.4, 0.5) is 0 Å². The smallest absolute Gasteiger partial charge is 0.231 e. The van der Waals surface area contributed by atoms with Crippen LogP contribution < -0.4 is 9.47 Å². The van der Waals surface area contributed by atoms with Crippen LogP contribution in [0.25, 0.3) is 22.0 Å². The Morgan fingerprint density at radius 2 is 1.64 bits per heavy atom. The van der Waals surface area contributed by atoms with Gasteiger partial charge in [-0.25, -0.2) is 0 Å². The topological polar surface area (TPSA) is 34.2 Å². The fourth-order valence-corrected chi connectivity index (χ4v) is 3.67. The fourth-order valence-electron chi connectivity index (χ4n) is 3.67. The van der Waals surface area contributed by atoms with Crippen molar-refractivity contribution >= 4 is 10.9 Å². The third-order valence-corrected chi connectivity index (χ3v) is 4.80. The third-order valence-electron chi connectivity index (χ3n) is 4.80. The summed E-state index contributed by atoms with van der Waals surface area (Å²) in [5.41, 5.74) is 6.59. The molecule has 5 rings (SSSR count). The van der Waals surface area contributed by atoms with Crippen molar-refractivity contribution in [3.05, 3.63) is 47.7 Å². The molecule has 2 heterocycles. The van der Waals surface area contributed by atoms with Crippen LogP contribution in [0.2, 0.25) is 0 Å². The van der Waals surface area contributed by atoms with Crippen molar-refractivity contribution in [3.8, 4) is 22.6 Å². The second-order valence-corrected chi connectivity index (χ2v) is 6.12. The summed E-state index contributed by atoms with van der Waals surface area (Å²) in [6.07, 6.45) is 5.00. The van der Waals surface area contributed by atoms with Crippen LogP contribution in [0.1, 0.15) is 24.1 Å². The first kappa shape index (κ1) is 12.2. The van der Waals surface area contributed by atoms with Gasteiger partial charge < -0.3 is 14.5 Å². The first-order valence-corrected chi connectivity index (χ1v) is 7.92. The number of aromatic nitrogens is 1. The summed E-state index contributed by atoms with van der Waals surface area (Å²) in [5.74, 6) is 1.67. The quantitative estimate of drug-likeness (QED) is 0.719. The number of H-pyrrole nitrogens is 1. The SMILES string of the molecule is c1cc2c(cc1-c1ccc3c4c([nH]c3c1)CCCC4)OCO2. The Kier molecular flexibility index (Phi) is 2.51. The Morgan fingerprint density at radius 1 is 0.818 bits per heavy atom. The molecule has 0 saturated carbocycles. The Morgan fingerprint density at radius 3 is 2.64 bits per heavy atom. The number of aryl methyl sites for hydroxylation is 2. The molecule has 0 fully saturated rings. The molecule has 0 unspecified atom stereocenters. The van der Waals surface area contributed by atoms with E-state index >= 15 is 0 Å². The van der Waals surface area contributed by atoms with Gasteiger partial charge in [-0.2, -0.15) is 0 Å². The second-order valence-electron chi connectivity index (χ2n) is 6.12. The van der Waals surface area contributed by atoms with Crippen LogP contribution in [0.5, 0.6) is 11.5 Å². The highest BCUT2D eigenvalue weighted by atomic mass is 16.7. The van der Waals surface area contributed by atoms with E-state index in [0.717, 1.165) is 11.5 Å². The maximum Gasteiger partial charge on any atom is 0.231 e. The Balaban J connectivity index is 1.63. The summed E-state index contributed by atoms with van der Waals surface area (Å²) in [6, 6.07) is 12.9. The standard InChI is InChI=1S/C19H17NO2/c1-2-4-16-14(3-1)15-7-5-12(9-17(15)20-16)13-6-8-18-19(10-13)22-11-21-18/h5-10,20H,1-4,11H2. The molecule has 2 aromatic carbocycles. The third kappa shape index (κ3) is 1.75. The van der Waals surface area contributed by atoms with Gasteiger partial charge in [-0.05, 0) is 60.6 Å². The lowest BCUT2D eigenvalue weighted by atomic mass is 9.95. The van der Waals surface area contributed by atoms with Gasteiger partial charge in [0.05, 0.1) is 0 Å².